The standard InChI is InChI=1S/C14H18F2N2O2/c1-10(17-14(19)18-6-2-3-7-18)9-20-13-5-4-11(15)8-12(13)16/h4-5,8,10H,2-3,6-7,9H2,1H3,(H,17,19). The second kappa shape index (κ2) is 6.54. The molecular formula is C14H18F2N2O2. The van der Waals surface area contributed by atoms with Crippen molar-refractivity contribution < 1.29 is 18.3 Å². The van der Waals surface area contributed by atoms with Crippen LogP contribution in [0.1, 0.15) is 19.8 Å². The maximum Gasteiger partial charge on any atom is 0.317 e. The third-order valence-corrected chi connectivity index (χ3v) is 3.15. The maximum atomic E-state index is 13.3. The van der Waals surface area contributed by atoms with Crippen LogP contribution >= 0.6 is 0 Å². The number of halogens is 2. The molecule has 1 aromatic rings. The van der Waals surface area contributed by atoms with Crippen LogP contribution in [0.3, 0.4) is 0 Å². The predicted molar refractivity (Wildman–Crippen MR) is 70.7 cm³/mol. The number of nitrogens with one attached hydrogen (secondary N) is 1. The Hall–Kier alpha value is -1.85. The van der Waals surface area contributed by atoms with E-state index in [4.69, 9.17) is 4.74 Å². The summed E-state index contributed by atoms with van der Waals surface area (Å²) in [5, 5.41) is 2.79. The molecule has 1 N–H and O–H groups in total. The van der Waals surface area contributed by atoms with Crippen LogP contribution in [0.15, 0.2) is 18.2 Å². The summed E-state index contributed by atoms with van der Waals surface area (Å²) in [5.41, 5.74) is 0. The van der Waals surface area contributed by atoms with Crippen LogP contribution in [0.25, 0.3) is 0 Å². The molecule has 20 heavy (non-hydrogen) atoms. The van der Waals surface area contributed by atoms with Gasteiger partial charge in [0, 0.05) is 19.2 Å². The summed E-state index contributed by atoms with van der Waals surface area (Å²) in [6, 6.07) is 2.75. The summed E-state index contributed by atoms with van der Waals surface area (Å²) >= 11 is 0. The smallest absolute Gasteiger partial charge is 0.317 e. The number of hydrogen-bond donors (Lipinski definition) is 1. The van der Waals surface area contributed by atoms with E-state index in [9.17, 15) is 13.6 Å². The molecule has 1 aromatic carbocycles. The lowest BCUT2D eigenvalue weighted by atomic mass is 10.3. The molecule has 1 unspecified atom stereocenters. The van der Waals surface area contributed by atoms with E-state index in [1.165, 1.54) is 6.07 Å². The van der Waals surface area contributed by atoms with Crippen molar-refractivity contribution in [3.8, 4) is 5.75 Å². The van der Waals surface area contributed by atoms with Gasteiger partial charge in [-0.1, -0.05) is 0 Å². The van der Waals surface area contributed by atoms with E-state index in [1.54, 1.807) is 11.8 Å². The lowest BCUT2D eigenvalue weighted by Gasteiger charge is -2.20. The first-order valence-electron chi connectivity index (χ1n) is 6.69. The number of benzene rings is 1. The Labute approximate surface area is 116 Å². The highest BCUT2D eigenvalue weighted by Crippen LogP contribution is 2.17. The van der Waals surface area contributed by atoms with E-state index in [2.05, 4.69) is 5.32 Å². The van der Waals surface area contributed by atoms with Gasteiger partial charge in [0.1, 0.15) is 12.4 Å². The SMILES string of the molecule is CC(COc1ccc(F)cc1F)NC(=O)N1CCCC1. The van der Waals surface area contributed by atoms with Gasteiger partial charge in [-0.25, -0.2) is 13.6 Å². The molecule has 0 bridgehead atoms. The Morgan fingerprint density at radius 1 is 1.40 bits per heavy atom. The molecule has 1 heterocycles. The molecule has 0 radical (unpaired) electrons. The zero-order valence-corrected chi connectivity index (χ0v) is 11.4. The second-order valence-corrected chi connectivity index (χ2v) is 4.93. The van der Waals surface area contributed by atoms with Crippen LogP contribution in [-0.4, -0.2) is 36.7 Å². The lowest BCUT2D eigenvalue weighted by molar-refractivity contribution is 0.196. The molecule has 2 rings (SSSR count). The van der Waals surface area contributed by atoms with Gasteiger partial charge in [0.15, 0.2) is 11.6 Å². The van der Waals surface area contributed by atoms with Crippen molar-refractivity contribution in [2.24, 2.45) is 0 Å². The third kappa shape index (κ3) is 3.82. The topological polar surface area (TPSA) is 41.6 Å². The van der Waals surface area contributed by atoms with Crippen molar-refractivity contribution in [3.05, 3.63) is 29.8 Å². The molecule has 0 aromatic heterocycles. The summed E-state index contributed by atoms with van der Waals surface area (Å²) in [6.45, 7) is 3.44. The van der Waals surface area contributed by atoms with E-state index in [0.717, 1.165) is 38.1 Å². The maximum absolute atomic E-state index is 13.3. The van der Waals surface area contributed by atoms with E-state index in [1.807, 2.05) is 0 Å². The summed E-state index contributed by atoms with van der Waals surface area (Å²) in [4.78, 5) is 13.6. The van der Waals surface area contributed by atoms with Gasteiger partial charge < -0.3 is 15.0 Å². The van der Waals surface area contributed by atoms with Gasteiger partial charge in [0.25, 0.3) is 0 Å². The summed E-state index contributed by atoms with van der Waals surface area (Å²) in [5.74, 6) is -1.41. The van der Waals surface area contributed by atoms with Gasteiger partial charge in [-0.3, -0.25) is 0 Å². The number of amides is 2. The minimum atomic E-state index is -0.747. The molecule has 1 saturated heterocycles. The predicted octanol–water partition coefficient (Wildman–Crippen LogP) is 2.54. The Morgan fingerprint density at radius 2 is 2.10 bits per heavy atom. The minimum absolute atomic E-state index is 0.0197. The number of urea groups is 1. The van der Waals surface area contributed by atoms with E-state index in [0.29, 0.717) is 0 Å². The Bertz CT molecular complexity index is 476. The molecule has 0 spiro atoms. The number of hydrogen-bond acceptors (Lipinski definition) is 2. The molecule has 6 heteroatoms. The minimum Gasteiger partial charge on any atom is -0.488 e. The molecular weight excluding hydrogens is 266 g/mol. The van der Waals surface area contributed by atoms with Crippen molar-refractivity contribution in [3.63, 3.8) is 0 Å². The molecule has 1 fully saturated rings. The van der Waals surface area contributed by atoms with E-state index < -0.39 is 11.6 Å². The highest BCUT2D eigenvalue weighted by Gasteiger charge is 2.19. The molecule has 0 saturated carbocycles. The fourth-order valence-corrected chi connectivity index (χ4v) is 2.07. The summed E-state index contributed by atoms with van der Waals surface area (Å²) in [6.07, 6.45) is 2.05. The second-order valence-electron chi connectivity index (χ2n) is 4.93. The van der Waals surface area contributed by atoms with Crippen molar-refractivity contribution in [1.29, 1.82) is 0 Å². The number of likely N-dealkylation sites (tertiary alicyclic amines) is 1. The van der Waals surface area contributed by atoms with Gasteiger partial charge >= 0.3 is 6.03 Å². The van der Waals surface area contributed by atoms with Crippen LogP contribution in [0.4, 0.5) is 13.6 Å². The molecule has 1 atom stereocenters. The fourth-order valence-electron chi connectivity index (χ4n) is 2.07. The number of rotatable bonds is 4. The van der Waals surface area contributed by atoms with Crippen LogP contribution in [0, 0.1) is 11.6 Å². The summed E-state index contributed by atoms with van der Waals surface area (Å²) < 4.78 is 31.3. The van der Waals surface area contributed by atoms with E-state index >= 15 is 0 Å². The van der Waals surface area contributed by atoms with Crippen LogP contribution < -0.4 is 10.1 Å². The van der Waals surface area contributed by atoms with Gasteiger partial charge in [-0.05, 0) is 31.9 Å². The first-order valence-corrected chi connectivity index (χ1v) is 6.69. The fraction of sp³-hybridized carbons (Fsp3) is 0.500. The first kappa shape index (κ1) is 14.6. The molecule has 1 aliphatic rings. The average Bonchev–Trinajstić information content (AvgIpc) is 2.91. The largest absolute Gasteiger partial charge is 0.488 e. The highest BCUT2D eigenvalue weighted by atomic mass is 19.1. The monoisotopic (exact) mass is 284 g/mol. The van der Waals surface area contributed by atoms with Crippen LogP contribution in [-0.2, 0) is 0 Å². The third-order valence-electron chi connectivity index (χ3n) is 3.15. The Morgan fingerprint density at radius 3 is 2.75 bits per heavy atom. The molecule has 0 aliphatic carbocycles. The Kier molecular flexibility index (Phi) is 4.76. The highest BCUT2D eigenvalue weighted by molar-refractivity contribution is 5.74. The van der Waals surface area contributed by atoms with Crippen molar-refractivity contribution >= 4 is 6.03 Å². The lowest BCUT2D eigenvalue weighted by Crippen LogP contribution is -2.44. The molecule has 4 nitrogen and oxygen atoms in total. The number of carbonyl (C=O) groups excluding carboxylic acids is 1. The normalized spacial score (nSPS) is 16.1. The van der Waals surface area contributed by atoms with Gasteiger partial charge in [0.2, 0.25) is 0 Å². The zero-order valence-electron chi connectivity index (χ0n) is 11.4. The number of nitrogens with zero attached hydrogens (tertiary/aromatic N) is 1. The van der Waals surface area contributed by atoms with Gasteiger partial charge in [0.05, 0.1) is 6.04 Å². The molecule has 1 aliphatic heterocycles. The van der Waals surface area contributed by atoms with E-state index in [-0.39, 0.29) is 24.4 Å². The van der Waals surface area contributed by atoms with Gasteiger partial charge in [-0.2, -0.15) is 0 Å². The zero-order chi connectivity index (χ0) is 14.5. The number of carbonyl (C=O) groups is 1. The summed E-state index contributed by atoms with van der Waals surface area (Å²) in [7, 11) is 0. The van der Waals surface area contributed by atoms with Crippen molar-refractivity contribution in [2.75, 3.05) is 19.7 Å². The van der Waals surface area contributed by atoms with Crippen molar-refractivity contribution in [2.45, 2.75) is 25.8 Å². The van der Waals surface area contributed by atoms with Crippen LogP contribution in [0.2, 0.25) is 0 Å². The molecule has 2 amide bonds. The van der Waals surface area contributed by atoms with Crippen LogP contribution in [0.5, 0.6) is 5.75 Å². The molecule has 110 valence electrons. The Balaban J connectivity index is 1.79. The average molecular weight is 284 g/mol. The quantitative estimate of drug-likeness (QED) is 0.923. The first-order chi connectivity index (χ1) is 9.56. The van der Waals surface area contributed by atoms with Gasteiger partial charge in [-0.15, -0.1) is 0 Å². The number of ether oxygens (including phenoxy) is 1. The van der Waals surface area contributed by atoms with Crippen molar-refractivity contribution in [1.82, 2.24) is 10.2 Å².